The molecule has 0 saturated carbocycles. The first-order valence-electron chi connectivity index (χ1n) is 6.68. The summed E-state index contributed by atoms with van der Waals surface area (Å²) in [5, 5.41) is 2.00. The van der Waals surface area contributed by atoms with Gasteiger partial charge >= 0.3 is 0 Å². The van der Waals surface area contributed by atoms with Crippen LogP contribution in [0.2, 0.25) is 0 Å². The van der Waals surface area contributed by atoms with Crippen LogP contribution in [0.3, 0.4) is 0 Å². The maximum absolute atomic E-state index is 13.0. The number of thioether (sulfide) groups is 1. The number of carbonyl (C=O) groups excluding carboxylic acids is 2. The Labute approximate surface area is 131 Å². The standard InChI is InChI=1S/C16H13FN2O2S/c1-10-3-2-4-12(9-10)18-14-15(20)19(16(21)22-14)13-7-5-11(17)6-8-13/h2-9,14,18H,1H3. The number of carbonyl (C=O) groups is 2. The van der Waals surface area contributed by atoms with Crippen LogP contribution in [0.4, 0.5) is 20.6 Å². The second kappa shape index (κ2) is 5.81. The van der Waals surface area contributed by atoms with E-state index in [1.165, 1.54) is 24.3 Å². The Hall–Kier alpha value is -2.34. The third kappa shape index (κ3) is 2.82. The second-order valence-electron chi connectivity index (χ2n) is 4.93. The zero-order valence-electron chi connectivity index (χ0n) is 11.7. The van der Waals surface area contributed by atoms with Crippen LogP contribution < -0.4 is 10.2 Å². The van der Waals surface area contributed by atoms with Crippen LogP contribution >= 0.6 is 11.8 Å². The van der Waals surface area contributed by atoms with Gasteiger partial charge in [0.25, 0.3) is 11.1 Å². The summed E-state index contributed by atoms with van der Waals surface area (Å²) < 4.78 is 13.0. The van der Waals surface area contributed by atoms with Gasteiger partial charge in [0.1, 0.15) is 5.82 Å². The highest BCUT2D eigenvalue weighted by atomic mass is 32.2. The number of benzene rings is 2. The largest absolute Gasteiger partial charge is 0.365 e. The quantitative estimate of drug-likeness (QED) is 0.936. The summed E-state index contributed by atoms with van der Waals surface area (Å²) in [6.45, 7) is 1.95. The molecule has 1 fully saturated rings. The predicted molar refractivity (Wildman–Crippen MR) is 85.5 cm³/mol. The van der Waals surface area contributed by atoms with E-state index in [0.717, 1.165) is 27.9 Å². The van der Waals surface area contributed by atoms with Gasteiger partial charge in [-0.15, -0.1) is 0 Å². The molecular formula is C16H13FN2O2S. The smallest absolute Gasteiger partial charge is 0.295 e. The Balaban J connectivity index is 1.81. The summed E-state index contributed by atoms with van der Waals surface area (Å²) >= 11 is 0.914. The van der Waals surface area contributed by atoms with Gasteiger partial charge in [-0.3, -0.25) is 9.59 Å². The number of nitrogens with zero attached hydrogens (tertiary/aromatic N) is 1. The van der Waals surface area contributed by atoms with E-state index < -0.39 is 11.2 Å². The Kier molecular flexibility index (Phi) is 3.85. The Morgan fingerprint density at radius 1 is 1.14 bits per heavy atom. The summed E-state index contributed by atoms with van der Waals surface area (Å²) in [5.74, 6) is -0.770. The van der Waals surface area contributed by atoms with Gasteiger partial charge in [0, 0.05) is 5.69 Å². The van der Waals surface area contributed by atoms with Crippen molar-refractivity contribution in [1.82, 2.24) is 0 Å². The molecule has 4 nitrogen and oxygen atoms in total. The first kappa shape index (κ1) is 14.6. The fraction of sp³-hybridized carbons (Fsp3) is 0.125. The highest BCUT2D eigenvalue weighted by molar-refractivity contribution is 8.16. The molecule has 2 aromatic rings. The van der Waals surface area contributed by atoms with Crippen molar-refractivity contribution in [2.75, 3.05) is 10.2 Å². The van der Waals surface area contributed by atoms with Gasteiger partial charge in [0.15, 0.2) is 5.37 Å². The Morgan fingerprint density at radius 2 is 1.86 bits per heavy atom. The molecule has 1 unspecified atom stereocenters. The maximum atomic E-state index is 13.0. The van der Waals surface area contributed by atoms with E-state index in [-0.39, 0.29) is 11.1 Å². The Bertz CT molecular complexity index is 733. The molecule has 6 heteroatoms. The fourth-order valence-corrected chi connectivity index (χ4v) is 3.12. The van der Waals surface area contributed by atoms with Gasteiger partial charge in [-0.25, -0.2) is 9.29 Å². The Morgan fingerprint density at radius 3 is 2.55 bits per heavy atom. The zero-order valence-corrected chi connectivity index (χ0v) is 12.6. The molecule has 1 N–H and O–H groups in total. The number of amides is 2. The molecule has 0 bridgehead atoms. The number of rotatable bonds is 3. The zero-order chi connectivity index (χ0) is 15.7. The summed E-state index contributed by atoms with van der Waals surface area (Å²) in [7, 11) is 0. The van der Waals surface area contributed by atoms with Gasteiger partial charge in [0.2, 0.25) is 0 Å². The molecule has 112 valence electrons. The number of nitrogens with one attached hydrogen (secondary N) is 1. The van der Waals surface area contributed by atoms with Crippen molar-refractivity contribution in [3.63, 3.8) is 0 Å². The van der Waals surface area contributed by atoms with Crippen LogP contribution in [0.25, 0.3) is 0 Å². The first-order valence-corrected chi connectivity index (χ1v) is 7.56. The average molecular weight is 316 g/mol. The minimum atomic E-state index is -0.681. The van der Waals surface area contributed by atoms with Crippen LogP contribution in [0.15, 0.2) is 48.5 Å². The lowest BCUT2D eigenvalue weighted by atomic mass is 10.2. The molecule has 1 aliphatic rings. The first-order chi connectivity index (χ1) is 10.5. The van der Waals surface area contributed by atoms with Crippen LogP contribution in [0.1, 0.15) is 5.56 Å². The van der Waals surface area contributed by atoms with Crippen molar-refractivity contribution >= 4 is 34.3 Å². The van der Waals surface area contributed by atoms with E-state index in [0.29, 0.717) is 5.69 Å². The minimum Gasteiger partial charge on any atom is -0.365 e. The van der Waals surface area contributed by atoms with E-state index in [1.54, 1.807) is 0 Å². The molecule has 0 spiro atoms. The summed E-state index contributed by atoms with van der Waals surface area (Å²) in [5.41, 5.74) is 2.21. The number of imide groups is 1. The number of anilines is 2. The van der Waals surface area contributed by atoms with Crippen molar-refractivity contribution < 1.29 is 14.0 Å². The number of halogens is 1. The number of hydrogen-bond donors (Lipinski definition) is 1. The minimum absolute atomic E-state index is 0.358. The average Bonchev–Trinajstić information content (AvgIpc) is 2.75. The van der Waals surface area contributed by atoms with Gasteiger partial charge in [-0.2, -0.15) is 0 Å². The monoisotopic (exact) mass is 316 g/mol. The lowest BCUT2D eigenvalue weighted by molar-refractivity contribution is -0.116. The van der Waals surface area contributed by atoms with Gasteiger partial charge in [0.05, 0.1) is 5.69 Å². The third-order valence-corrected chi connectivity index (χ3v) is 4.19. The summed E-state index contributed by atoms with van der Waals surface area (Å²) in [6.07, 6.45) is 0. The van der Waals surface area contributed by atoms with Crippen molar-refractivity contribution in [3.8, 4) is 0 Å². The lowest BCUT2D eigenvalue weighted by Gasteiger charge is -2.15. The molecule has 3 rings (SSSR count). The highest BCUT2D eigenvalue weighted by Gasteiger charge is 2.40. The van der Waals surface area contributed by atoms with E-state index >= 15 is 0 Å². The molecular weight excluding hydrogens is 303 g/mol. The van der Waals surface area contributed by atoms with Crippen LogP contribution in [-0.2, 0) is 4.79 Å². The van der Waals surface area contributed by atoms with Gasteiger partial charge in [-0.05, 0) is 60.6 Å². The van der Waals surface area contributed by atoms with E-state index in [9.17, 15) is 14.0 Å². The van der Waals surface area contributed by atoms with Crippen LogP contribution in [0.5, 0.6) is 0 Å². The molecule has 2 amide bonds. The normalized spacial score (nSPS) is 17.9. The number of hydrogen-bond acceptors (Lipinski definition) is 4. The second-order valence-corrected chi connectivity index (χ2v) is 5.98. The lowest BCUT2D eigenvalue weighted by Crippen LogP contribution is -2.34. The highest BCUT2D eigenvalue weighted by Crippen LogP contribution is 2.32. The predicted octanol–water partition coefficient (Wildman–Crippen LogP) is 3.77. The van der Waals surface area contributed by atoms with Gasteiger partial charge in [-0.1, -0.05) is 12.1 Å². The molecule has 22 heavy (non-hydrogen) atoms. The molecule has 1 aliphatic heterocycles. The summed E-state index contributed by atoms with van der Waals surface area (Å²) in [6, 6.07) is 12.8. The molecule has 1 heterocycles. The maximum Gasteiger partial charge on any atom is 0.295 e. The van der Waals surface area contributed by atoms with Crippen molar-refractivity contribution in [3.05, 3.63) is 59.9 Å². The van der Waals surface area contributed by atoms with Crippen molar-refractivity contribution in [2.45, 2.75) is 12.3 Å². The third-order valence-electron chi connectivity index (χ3n) is 3.25. The molecule has 0 radical (unpaired) electrons. The SMILES string of the molecule is Cc1cccc(NC2SC(=O)N(c3ccc(F)cc3)C2=O)c1. The van der Waals surface area contributed by atoms with Gasteiger partial charge < -0.3 is 5.32 Å². The van der Waals surface area contributed by atoms with Crippen LogP contribution in [0, 0.1) is 12.7 Å². The molecule has 2 aromatic carbocycles. The molecule has 1 atom stereocenters. The molecule has 0 aliphatic carbocycles. The van der Waals surface area contributed by atoms with E-state index in [2.05, 4.69) is 5.32 Å². The van der Waals surface area contributed by atoms with Crippen LogP contribution in [-0.4, -0.2) is 16.5 Å². The molecule has 0 aromatic heterocycles. The topological polar surface area (TPSA) is 49.4 Å². The van der Waals surface area contributed by atoms with Crippen molar-refractivity contribution in [1.29, 1.82) is 0 Å². The molecule has 1 saturated heterocycles. The fourth-order valence-electron chi connectivity index (χ4n) is 2.21. The summed E-state index contributed by atoms with van der Waals surface area (Å²) in [4.78, 5) is 25.6. The van der Waals surface area contributed by atoms with E-state index in [1.807, 2.05) is 31.2 Å². The number of aryl methyl sites for hydroxylation is 1. The van der Waals surface area contributed by atoms with E-state index in [4.69, 9.17) is 0 Å². The van der Waals surface area contributed by atoms with Crippen molar-refractivity contribution in [2.24, 2.45) is 0 Å².